The van der Waals surface area contributed by atoms with Crippen molar-refractivity contribution < 1.29 is 19.3 Å². The van der Waals surface area contributed by atoms with E-state index in [4.69, 9.17) is 11.6 Å². The number of anilines is 2. The third kappa shape index (κ3) is 2.19. The molecule has 32 heavy (non-hydrogen) atoms. The maximum absolute atomic E-state index is 13.8. The fourth-order valence-electron chi connectivity index (χ4n) is 6.15. The highest BCUT2D eigenvalue weighted by Crippen LogP contribution is 2.60. The molecular formula is C22H17ClN4O5. The van der Waals surface area contributed by atoms with Crippen LogP contribution >= 0.6 is 11.6 Å². The van der Waals surface area contributed by atoms with Crippen LogP contribution in [0.2, 0.25) is 5.02 Å². The number of nitrogens with zero attached hydrogens (tertiary/aromatic N) is 3. The number of nitro benzene ring substituents is 1. The highest BCUT2D eigenvalue weighted by Gasteiger charge is 2.74. The molecule has 3 amide bonds. The molecule has 0 aliphatic carbocycles. The number of halogens is 1. The van der Waals surface area contributed by atoms with Crippen molar-refractivity contribution in [2.45, 2.75) is 24.4 Å². The minimum Gasteiger partial charge on any atom is -0.324 e. The van der Waals surface area contributed by atoms with Gasteiger partial charge in [0.1, 0.15) is 5.54 Å². The van der Waals surface area contributed by atoms with Crippen molar-refractivity contribution in [3.05, 3.63) is 63.2 Å². The molecule has 2 aromatic carbocycles. The Morgan fingerprint density at radius 2 is 1.84 bits per heavy atom. The zero-order chi connectivity index (χ0) is 22.4. The molecule has 0 unspecified atom stereocenters. The molecule has 4 aliphatic rings. The van der Waals surface area contributed by atoms with E-state index in [1.54, 1.807) is 18.2 Å². The van der Waals surface area contributed by atoms with E-state index in [9.17, 15) is 24.5 Å². The SMILES string of the molecule is O=C1[C@@H]2[C@H]3CCCN3[C@@]3(C(=O)Nc4ccc(Cl)cc43)[C@@H]2C(=O)N1c1ccc([N+](=O)[O-])cc1. The lowest BCUT2D eigenvalue weighted by Crippen LogP contribution is -2.54. The number of nitro groups is 1. The van der Waals surface area contributed by atoms with Gasteiger partial charge in [-0.25, -0.2) is 4.90 Å². The van der Waals surface area contributed by atoms with Crippen molar-refractivity contribution in [2.24, 2.45) is 11.8 Å². The first-order valence-electron chi connectivity index (χ1n) is 10.4. The summed E-state index contributed by atoms with van der Waals surface area (Å²) < 4.78 is 0. The number of imide groups is 1. The fourth-order valence-corrected chi connectivity index (χ4v) is 6.33. The summed E-state index contributed by atoms with van der Waals surface area (Å²) in [5.41, 5.74) is 0.0596. The average Bonchev–Trinajstić information content (AvgIpc) is 3.47. The van der Waals surface area contributed by atoms with Crippen LogP contribution in [0.1, 0.15) is 18.4 Å². The van der Waals surface area contributed by atoms with Gasteiger partial charge in [0.25, 0.3) is 5.69 Å². The number of carbonyl (C=O) groups is 3. The third-order valence-electron chi connectivity index (χ3n) is 7.27. The van der Waals surface area contributed by atoms with Crippen molar-refractivity contribution in [1.29, 1.82) is 0 Å². The zero-order valence-corrected chi connectivity index (χ0v) is 17.4. The first kappa shape index (κ1) is 19.4. The Morgan fingerprint density at radius 3 is 2.56 bits per heavy atom. The summed E-state index contributed by atoms with van der Waals surface area (Å²) in [5, 5.41) is 14.3. The molecule has 3 fully saturated rings. The Labute approximate surface area is 187 Å². The zero-order valence-electron chi connectivity index (χ0n) is 16.7. The molecule has 4 atom stereocenters. The van der Waals surface area contributed by atoms with Crippen molar-refractivity contribution in [3.63, 3.8) is 0 Å². The second-order valence-corrected chi connectivity index (χ2v) is 9.04. The van der Waals surface area contributed by atoms with Crippen LogP contribution in [-0.4, -0.2) is 40.1 Å². The van der Waals surface area contributed by atoms with Gasteiger partial charge in [-0.3, -0.25) is 29.4 Å². The van der Waals surface area contributed by atoms with Gasteiger partial charge < -0.3 is 5.32 Å². The summed E-state index contributed by atoms with van der Waals surface area (Å²) >= 11 is 6.27. The van der Waals surface area contributed by atoms with Crippen LogP contribution in [0.5, 0.6) is 0 Å². The van der Waals surface area contributed by atoms with E-state index in [0.717, 1.165) is 11.3 Å². The summed E-state index contributed by atoms with van der Waals surface area (Å²) in [4.78, 5) is 54.4. The van der Waals surface area contributed by atoms with Crippen molar-refractivity contribution in [1.82, 2.24) is 4.90 Å². The van der Waals surface area contributed by atoms with Gasteiger partial charge in [-0.2, -0.15) is 0 Å². The number of rotatable bonds is 2. The molecule has 162 valence electrons. The third-order valence-corrected chi connectivity index (χ3v) is 7.51. The Bertz CT molecular complexity index is 1230. The van der Waals surface area contributed by atoms with E-state index >= 15 is 0 Å². The lowest BCUT2D eigenvalue weighted by atomic mass is 9.75. The van der Waals surface area contributed by atoms with Gasteiger partial charge in [-0.15, -0.1) is 0 Å². The average molecular weight is 453 g/mol. The minimum atomic E-state index is -1.30. The van der Waals surface area contributed by atoms with Gasteiger partial charge in [0, 0.05) is 34.4 Å². The molecule has 0 aromatic heterocycles. The molecule has 1 spiro atoms. The van der Waals surface area contributed by atoms with Gasteiger partial charge >= 0.3 is 0 Å². The summed E-state index contributed by atoms with van der Waals surface area (Å²) in [6.45, 7) is 0.606. The quantitative estimate of drug-likeness (QED) is 0.426. The lowest BCUT2D eigenvalue weighted by molar-refractivity contribution is -0.384. The predicted molar refractivity (Wildman–Crippen MR) is 114 cm³/mol. The Hall–Kier alpha value is -3.30. The Kier molecular flexibility index (Phi) is 3.86. The first-order valence-corrected chi connectivity index (χ1v) is 10.7. The maximum atomic E-state index is 13.8. The summed E-state index contributed by atoms with van der Waals surface area (Å²) in [7, 11) is 0. The number of nitrogens with one attached hydrogen (secondary N) is 1. The molecular weight excluding hydrogens is 436 g/mol. The number of fused-ring (bicyclic) bond motifs is 7. The van der Waals surface area contributed by atoms with Gasteiger partial charge in [-0.05, 0) is 49.7 Å². The van der Waals surface area contributed by atoms with Gasteiger partial charge in [-0.1, -0.05) is 11.6 Å². The molecule has 9 nitrogen and oxygen atoms in total. The Morgan fingerprint density at radius 1 is 1.09 bits per heavy atom. The molecule has 10 heteroatoms. The van der Waals surface area contributed by atoms with E-state index in [1.807, 2.05) is 4.90 Å². The van der Waals surface area contributed by atoms with E-state index in [-0.39, 0.29) is 29.2 Å². The normalized spacial score (nSPS) is 30.6. The second-order valence-electron chi connectivity index (χ2n) is 8.60. The van der Waals surface area contributed by atoms with Crippen LogP contribution in [0.15, 0.2) is 42.5 Å². The van der Waals surface area contributed by atoms with Crippen molar-refractivity contribution in [3.8, 4) is 0 Å². The highest BCUT2D eigenvalue weighted by molar-refractivity contribution is 6.31. The van der Waals surface area contributed by atoms with Gasteiger partial charge in [0.2, 0.25) is 17.7 Å². The van der Waals surface area contributed by atoms with Crippen LogP contribution in [0, 0.1) is 22.0 Å². The topological polar surface area (TPSA) is 113 Å². The van der Waals surface area contributed by atoms with Crippen molar-refractivity contribution >= 4 is 46.4 Å². The minimum absolute atomic E-state index is 0.134. The molecule has 0 bridgehead atoms. The number of amides is 3. The molecule has 0 saturated carbocycles. The van der Waals surface area contributed by atoms with E-state index in [2.05, 4.69) is 5.32 Å². The molecule has 1 N–H and O–H groups in total. The molecule has 3 saturated heterocycles. The van der Waals surface area contributed by atoms with Crippen LogP contribution in [0.4, 0.5) is 17.1 Å². The molecule has 4 heterocycles. The van der Waals surface area contributed by atoms with E-state index in [1.165, 1.54) is 24.3 Å². The van der Waals surface area contributed by atoms with Crippen LogP contribution < -0.4 is 10.2 Å². The van der Waals surface area contributed by atoms with E-state index < -0.39 is 28.2 Å². The number of hydrogen-bond acceptors (Lipinski definition) is 6. The molecule has 2 aromatic rings. The summed E-state index contributed by atoms with van der Waals surface area (Å²) in [6, 6.07) is 10.2. The maximum Gasteiger partial charge on any atom is 0.269 e. The van der Waals surface area contributed by atoms with E-state index in [0.29, 0.717) is 29.2 Å². The monoisotopic (exact) mass is 452 g/mol. The molecule has 4 aliphatic heterocycles. The Balaban J connectivity index is 1.51. The molecule has 0 radical (unpaired) electrons. The van der Waals surface area contributed by atoms with Crippen LogP contribution in [0.3, 0.4) is 0 Å². The van der Waals surface area contributed by atoms with Gasteiger partial charge in [0.15, 0.2) is 0 Å². The highest BCUT2D eigenvalue weighted by atomic mass is 35.5. The van der Waals surface area contributed by atoms with Crippen LogP contribution in [-0.2, 0) is 19.9 Å². The first-order chi connectivity index (χ1) is 15.4. The lowest BCUT2D eigenvalue weighted by Gasteiger charge is -2.36. The number of hydrogen-bond donors (Lipinski definition) is 1. The molecule has 6 rings (SSSR count). The summed E-state index contributed by atoms with van der Waals surface area (Å²) in [5.74, 6) is -2.72. The number of non-ortho nitro benzene ring substituents is 1. The summed E-state index contributed by atoms with van der Waals surface area (Å²) in [6.07, 6.45) is 1.52. The van der Waals surface area contributed by atoms with Crippen molar-refractivity contribution in [2.75, 3.05) is 16.8 Å². The predicted octanol–water partition coefficient (Wildman–Crippen LogP) is 2.68. The number of carbonyl (C=O) groups excluding carboxylic acids is 3. The number of benzene rings is 2. The fraction of sp³-hybridized carbons (Fsp3) is 0.318. The smallest absolute Gasteiger partial charge is 0.269 e. The second kappa shape index (κ2) is 6.36. The standard InChI is InChI=1S/C22H17ClN4O5/c23-11-3-8-15-14(10-11)22(21(30)24-15)18-17(16-2-1-9-25(16)22)19(28)26(20(18)29)12-4-6-13(7-5-12)27(31)32/h3-8,10,16-18H,1-2,9H2,(H,24,30)/t16-,17-,18+,22-/m1/s1. The van der Waals surface area contributed by atoms with Gasteiger partial charge in [0.05, 0.1) is 22.4 Å². The largest absolute Gasteiger partial charge is 0.324 e. The van der Waals surface area contributed by atoms with Crippen LogP contribution in [0.25, 0.3) is 0 Å².